The van der Waals surface area contributed by atoms with Crippen LogP contribution in [0.5, 0.6) is 0 Å². The van der Waals surface area contributed by atoms with Crippen LogP contribution in [0.4, 0.5) is 0 Å². The second-order valence-corrected chi connectivity index (χ2v) is 7.18. The number of hydrogen-bond donors (Lipinski definition) is 1. The molecule has 0 radical (unpaired) electrons. The van der Waals surface area contributed by atoms with E-state index >= 15 is 0 Å². The summed E-state index contributed by atoms with van der Waals surface area (Å²) < 4.78 is 0. The van der Waals surface area contributed by atoms with Gasteiger partial charge in [-0.25, -0.2) is 0 Å². The Bertz CT molecular complexity index is 512. The summed E-state index contributed by atoms with van der Waals surface area (Å²) >= 11 is 1.85. The van der Waals surface area contributed by atoms with E-state index < -0.39 is 0 Å². The zero-order valence-corrected chi connectivity index (χ0v) is 13.1. The summed E-state index contributed by atoms with van der Waals surface area (Å²) in [6.07, 6.45) is 2.65. The van der Waals surface area contributed by atoms with E-state index in [1.165, 1.54) is 23.3 Å². The lowest BCUT2D eigenvalue weighted by atomic mass is 9.73. The van der Waals surface area contributed by atoms with Crippen molar-refractivity contribution in [3.05, 3.63) is 58.3 Å². The van der Waals surface area contributed by atoms with Gasteiger partial charge in [0, 0.05) is 10.9 Å². The minimum Gasteiger partial charge on any atom is -0.303 e. The predicted octanol–water partition coefficient (Wildman–Crippen LogP) is 4.86. The highest BCUT2D eigenvalue weighted by Gasteiger charge is 2.33. The van der Waals surface area contributed by atoms with Gasteiger partial charge in [0.25, 0.3) is 0 Å². The average molecular weight is 285 g/mol. The Balaban J connectivity index is 1.72. The van der Waals surface area contributed by atoms with E-state index in [4.69, 9.17) is 0 Å². The number of hydrogen-bond acceptors (Lipinski definition) is 2. The summed E-state index contributed by atoms with van der Waals surface area (Å²) in [4.78, 5) is 1.42. The molecule has 0 bridgehead atoms. The number of thiophene rings is 1. The van der Waals surface area contributed by atoms with E-state index in [-0.39, 0.29) is 0 Å². The maximum absolute atomic E-state index is 3.87. The third kappa shape index (κ3) is 2.97. The van der Waals surface area contributed by atoms with Crippen LogP contribution in [0.3, 0.4) is 0 Å². The molecule has 0 amide bonds. The Kier molecular flexibility index (Phi) is 4.23. The first-order valence-corrected chi connectivity index (χ1v) is 8.46. The lowest BCUT2D eigenvalue weighted by Crippen LogP contribution is -2.44. The monoisotopic (exact) mass is 285 g/mol. The second-order valence-electron chi connectivity index (χ2n) is 6.20. The van der Waals surface area contributed by atoms with Gasteiger partial charge in [0.2, 0.25) is 0 Å². The fraction of sp³-hybridized carbons (Fsp3) is 0.444. The molecule has 1 heterocycles. The smallest absolute Gasteiger partial charge is 0.0673 e. The van der Waals surface area contributed by atoms with E-state index in [9.17, 15) is 0 Å². The molecule has 20 heavy (non-hydrogen) atoms. The molecule has 1 aromatic carbocycles. The summed E-state index contributed by atoms with van der Waals surface area (Å²) in [5.74, 6) is 1.73. The van der Waals surface area contributed by atoms with Crippen molar-refractivity contribution < 1.29 is 0 Å². The van der Waals surface area contributed by atoms with Crippen molar-refractivity contribution in [1.82, 2.24) is 5.32 Å². The van der Waals surface area contributed by atoms with Crippen LogP contribution in [0.1, 0.15) is 43.2 Å². The molecule has 0 saturated heterocycles. The Labute approximate surface area is 126 Å². The van der Waals surface area contributed by atoms with Crippen molar-refractivity contribution in [2.45, 2.75) is 38.8 Å². The van der Waals surface area contributed by atoms with Crippen molar-refractivity contribution in [3.63, 3.8) is 0 Å². The van der Waals surface area contributed by atoms with Gasteiger partial charge in [0.15, 0.2) is 0 Å². The van der Waals surface area contributed by atoms with Crippen LogP contribution in [0.25, 0.3) is 0 Å². The predicted molar refractivity (Wildman–Crippen MR) is 87.1 cm³/mol. The lowest BCUT2D eigenvalue weighted by Gasteiger charge is -2.40. The van der Waals surface area contributed by atoms with Gasteiger partial charge in [-0.05, 0) is 41.7 Å². The van der Waals surface area contributed by atoms with Crippen LogP contribution in [-0.2, 0) is 0 Å². The van der Waals surface area contributed by atoms with Gasteiger partial charge < -0.3 is 5.32 Å². The van der Waals surface area contributed by atoms with Gasteiger partial charge in [0.1, 0.15) is 0 Å². The Morgan fingerprint density at radius 1 is 1.05 bits per heavy atom. The number of nitrogens with one attached hydrogen (secondary N) is 1. The normalized spacial score (nSPS) is 23.6. The molecule has 1 fully saturated rings. The fourth-order valence-corrected chi connectivity index (χ4v) is 3.83. The summed E-state index contributed by atoms with van der Waals surface area (Å²) in [6.45, 7) is 4.68. The number of rotatable bonds is 5. The molecule has 1 aliphatic rings. The zero-order chi connectivity index (χ0) is 13.9. The maximum Gasteiger partial charge on any atom is 0.0673 e. The highest BCUT2D eigenvalue weighted by atomic mass is 32.1. The van der Waals surface area contributed by atoms with Crippen molar-refractivity contribution >= 4 is 11.3 Å². The third-order valence-electron chi connectivity index (χ3n) is 4.48. The topological polar surface area (TPSA) is 12.0 Å². The van der Waals surface area contributed by atoms with E-state index in [1.807, 2.05) is 11.3 Å². The highest BCUT2D eigenvalue weighted by Crippen LogP contribution is 2.36. The van der Waals surface area contributed by atoms with E-state index in [2.05, 4.69) is 67.0 Å². The van der Waals surface area contributed by atoms with Crippen LogP contribution < -0.4 is 5.32 Å². The molecule has 1 saturated carbocycles. The van der Waals surface area contributed by atoms with Crippen molar-refractivity contribution in [2.24, 2.45) is 11.8 Å². The van der Waals surface area contributed by atoms with Crippen LogP contribution in [0.15, 0.2) is 47.8 Å². The maximum atomic E-state index is 3.87. The van der Waals surface area contributed by atoms with Gasteiger partial charge in [-0.1, -0.05) is 50.2 Å². The molecule has 1 aromatic heterocycles. The Morgan fingerprint density at radius 3 is 2.40 bits per heavy atom. The molecular weight excluding hydrogens is 262 g/mol. The molecular formula is C18H23NS. The van der Waals surface area contributed by atoms with Gasteiger partial charge >= 0.3 is 0 Å². The van der Waals surface area contributed by atoms with Crippen LogP contribution >= 0.6 is 11.3 Å². The van der Waals surface area contributed by atoms with Crippen LogP contribution in [-0.4, -0.2) is 6.04 Å². The zero-order valence-electron chi connectivity index (χ0n) is 12.3. The van der Waals surface area contributed by atoms with Crippen LogP contribution in [0, 0.1) is 11.8 Å². The summed E-state index contributed by atoms with van der Waals surface area (Å²) in [6, 6.07) is 16.2. The minimum atomic E-state index is 0.356. The first-order valence-electron chi connectivity index (χ1n) is 7.58. The molecule has 1 aliphatic carbocycles. The van der Waals surface area contributed by atoms with Crippen molar-refractivity contribution in [3.8, 4) is 0 Å². The second kappa shape index (κ2) is 6.11. The minimum absolute atomic E-state index is 0.356. The molecule has 1 N–H and O–H groups in total. The third-order valence-corrected chi connectivity index (χ3v) is 5.42. The molecule has 2 heteroatoms. The fourth-order valence-electron chi connectivity index (χ4n) is 3.02. The molecule has 1 atom stereocenters. The summed E-state index contributed by atoms with van der Waals surface area (Å²) in [7, 11) is 0. The molecule has 2 aromatic rings. The number of benzene rings is 1. The Morgan fingerprint density at radius 2 is 1.80 bits per heavy atom. The van der Waals surface area contributed by atoms with E-state index in [1.54, 1.807) is 0 Å². The summed E-state index contributed by atoms with van der Waals surface area (Å²) in [5, 5.41) is 6.04. The van der Waals surface area contributed by atoms with Gasteiger partial charge in [-0.15, -0.1) is 11.3 Å². The SMILES string of the molecule is CC(C)C1CC(NC(c2ccccc2)c2cccs2)C1. The quantitative estimate of drug-likeness (QED) is 0.827. The summed E-state index contributed by atoms with van der Waals surface area (Å²) in [5.41, 5.74) is 1.38. The standard InChI is InChI=1S/C18H23NS/c1-13(2)15-11-16(12-15)19-18(17-9-6-10-20-17)14-7-4-3-5-8-14/h3-10,13,15-16,18-19H,11-12H2,1-2H3. The molecule has 1 nitrogen and oxygen atoms in total. The first-order chi connectivity index (χ1) is 9.74. The Hall–Kier alpha value is -1.12. The molecule has 0 spiro atoms. The van der Waals surface area contributed by atoms with Crippen molar-refractivity contribution in [2.75, 3.05) is 0 Å². The first kappa shape index (κ1) is 13.8. The highest BCUT2D eigenvalue weighted by molar-refractivity contribution is 7.10. The van der Waals surface area contributed by atoms with E-state index in [0.717, 1.165) is 11.8 Å². The van der Waals surface area contributed by atoms with E-state index in [0.29, 0.717) is 12.1 Å². The molecule has 1 unspecified atom stereocenters. The van der Waals surface area contributed by atoms with Crippen LogP contribution in [0.2, 0.25) is 0 Å². The molecule has 3 rings (SSSR count). The van der Waals surface area contributed by atoms with Gasteiger partial charge in [-0.3, -0.25) is 0 Å². The van der Waals surface area contributed by atoms with Gasteiger partial charge in [-0.2, -0.15) is 0 Å². The van der Waals surface area contributed by atoms with Gasteiger partial charge in [0.05, 0.1) is 6.04 Å². The van der Waals surface area contributed by atoms with Crippen molar-refractivity contribution in [1.29, 1.82) is 0 Å². The average Bonchev–Trinajstić information content (AvgIpc) is 2.91. The largest absolute Gasteiger partial charge is 0.303 e. The molecule has 106 valence electrons. The lowest BCUT2D eigenvalue weighted by molar-refractivity contribution is 0.162. The molecule has 0 aliphatic heterocycles.